The summed E-state index contributed by atoms with van der Waals surface area (Å²) in [5, 5.41) is 7.22. The number of benzene rings is 3. The van der Waals surface area contributed by atoms with Crippen molar-refractivity contribution in [2.24, 2.45) is 0 Å². The van der Waals surface area contributed by atoms with Crippen molar-refractivity contribution in [3.63, 3.8) is 0 Å². The highest BCUT2D eigenvalue weighted by Crippen LogP contribution is 2.27. The van der Waals surface area contributed by atoms with Crippen LogP contribution >= 0.6 is 0 Å². The molecule has 2 aromatic heterocycles. The van der Waals surface area contributed by atoms with Crippen LogP contribution in [0.1, 0.15) is 16.7 Å². The summed E-state index contributed by atoms with van der Waals surface area (Å²) in [7, 11) is 0. The van der Waals surface area contributed by atoms with Crippen LogP contribution in [0.5, 0.6) is 11.6 Å². The molecule has 170 valence electrons. The summed E-state index contributed by atoms with van der Waals surface area (Å²) in [6.07, 6.45) is 0. The average Bonchev–Trinajstić information content (AvgIpc) is 3.11. The third-order valence-electron chi connectivity index (χ3n) is 5.41. The first-order chi connectivity index (χ1) is 16.4. The van der Waals surface area contributed by atoms with Crippen LogP contribution in [-0.2, 0) is 11.3 Å². The number of para-hydroxylation sites is 2. The fourth-order valence-corrected chi connectivity index (χ4v) is 3.92. The third kappa shape index (κ3) is 4.13. The molecule has 34 heavy (non-hydrogen) atoms. The van der Waals surface area contributed by atoms with E-state index in [2.05, 4.69) is 15.4 Å². The second-order valence-corrected chi connectivity index (χ2v) is 8.34. The van der Waals surface area contributed by atoms with Gasteiger partial charge in [-0.05, 0) is 68.3 Å². The van der Waals surface area contributed by atoms with Gasteiger partial charge in [-0.2, -0.15) is 0 Å². The lowest BCUT2D eigenvalue weighted by Crippen LogP contribution is -2.28. The molecule has 0 spiro atoms. The molecule has 0 bridgehead atoms. The Morgan fingerprint density at radius 3 is 2.38 bits per heavy atom. The maximum atomic E-state index is 13.3. The minimum Gasteiger partial charge on any atom is -0.436 e. The SMILES string of the molecule is Cc1ccc(NC(=O)Cn2nc3c(Oc4cc(C)cc(C)c4)nc4ccccc4n3c2=O)cc1. The first-order valence-corrected chi connectivity index (χ1v) is 10.9. The molecular formula is C26H23N5O3. The Morgan fingerprint density at radius 2 is 1.65 bits per heavy atom. The van der Waals surface area contributed by atoms with Gasteiger partial charge >= 0.3 is 5.69 Å². The zero-order valence-corrected chi connectivity index (χ0v) is 19.1. The number of nitrogens with zero attached hydrogens (tertiary/aromatic N) is 4. The first-order valence-electron chi connectivity index (χ1n) is 10.9. The molecule has 8 nitrogen and oxygen atoms in total. The topological polar surface area (TPSA) is 90.5 Å². The highest BCUT2D eigenvalue weighted by atomic mass is 16.5. The van der Waals surface area contributed by atoms with Crippen LogP contribution in [0, 0.1) is 20.8 Å². The highest BCUT2D eigenvalue weighted by Gasteiger charge is 2.19. The summed E-state index contributed by atoms with van der Waals surface area (Å²) in [6.45, 7) is 5.69. The normalized spacial score (nSPS) is 11.1. The molecular weight excluding hydrogens is 430 g/mol. The van der Waals surface area contributed by atoms with Crippen LogP contribution < -0.4 is 15.7 Å². The molecule has 0 aliphatic carbocycles. The number of hydrogen-bond donors (Lipinski definition) is 1. The van der Waals surface area contributed by atoms with Crippen LogP contribution in [0.3, 0.4) is 0 Å². The van der Waals surface area contributed by atoms with E-state index in [9.17, 15) is 9.59 Å². The first kappa shape index (κ1) is 21.4. The molecule has 2 heterocycles. The predicted octanol–water partition coefficient (Wildman–Crippen LogP) is 4.40. The minimum atomic E-state index is -0.446. The Morgan fingerprint density at radius 1 is 0.941 bits per heavy atom. The zero-order valence-electron chi connectivity index (χ0n) is 19.1. The van der Waals surface area contributed by atoms with Crippen LogP contribution in [0.2, 0.25) is 0 Å². The van der Waals surface area contributed by atoms with Gasteiger partial charge in [0, 0.05) is 5.69 Å². The smallest absolute Gasteiger partial charge is 0.351 e. The van der Waals surface area contributed by atoms with Gasteiger partial charge in [0.05, 0.1) is 11.0 Å². The summed E-state index contributed by atoms with van der Waals surface area (Å²) < 4.78 is 8.65. The molecule has 8 heteroatoms. The second kappa shape index (κ2) is 8.47. The van der Waals surface area contributed by atoms with E-state index in [4.69, 9.17) is 4.74 Å². The summed E-state index contributed by atoms with van der Waals surface area (Å²) in [5.74, 6) is 0.434. The van der Waals surface area contributed by atoms with Gasteiger partial charge in [0.1, 0.15) is 12.3 Å². The summed E-state index contributed by atoms with van der Waals surface area (Å²) >= 11 is 0. The fraction of sp³-hybridized carbons (Fsp3) is 0.154. The van der Waals surface area contributed by atoms with Gasteiger partial charge in [0.25, 0.3) is 5.88 Å². The van der Waals surface area contributed by atoms with E-state index >= 15 is 0 Å². The van der Waals surface area contributed by atoms with E-state index < -0.39 is 5.69 Å². The molecule has 1 N–H and O–H groups in total. The molecule has 0 saturated carbocycles. The molecule has 0 atom stereocenters. The number of nitrogens with one attached hydrogen (secondary N) is 1. The Labute approximate surface area is 195 Å². The zero-order chi connectivity index (χ0) is 23.8. The van der Waals surface area contributed by atoms with Crippen LogP contribution in [0.25, 0.3) is 16.7 Å². The fourth-order valence-electron chi connectivity index (χ4n) is 3.92. The summed E-state index contributed by atoms with van der Waals surface area (Å²) in [6, 6.07) is 20.5. The van der Waals surface area contributed by atoms with Crippen molar-refractivity contribution in [1.29, 1.82) is 0 Å². The molecule has 1 amide bonds. The number of hydrogen-bond acceptors (Lipinski definition) is 5. The molecule has 0 aliphatic rings. The molecule has 5 rings (SSSR count). The second-order valence-electron chi connectivity index (χ2n) is 8.34. The Balaban J connectivity index is 1.56. The lowest BCUT2D eigenvalue weighted by molar-refractivity contribution is -0.117. The van der Waals surface area contributed by atoms with Crippen LogP contribution in [0.4, 0.5) is 5.69 Å². The van der Waals surface area contributed by atoms with Crippen molar-refractivity contribution in [1.82, 2.24) is 19.2 Å². The highest BCUT2D eigenvalue weighted by molar-refractivity contribution is 5.90. The van der Waals surface area contributed by atoms with Crippen molar-refractivity contribution in [3.05, 3.63) is 93.9 Å². The lowest BCUT2D eigenvalue weighted by atomic mass is 10.1. The van der Waals surface area contributed by atoms with Crippen molar-refractivity contribution in [3.8, 4) is 11.6 Å². The van der Waals surface area contributed by atoms with Gasteiger partial charge in [0.15, 0.2) is 0 Å². The molecule has 5 aromatic rings. The number of rotatable bonds is 5. The van der Waals surface area contributed by atoms with Gasteiger partial charge in [-0.1, -0.05) is 35.9 Å². The number of carbonyl (C=O) groups excluding carboxylic acids is 1. The number of aryl methyl sites for hydroxylation is 3. The lowest BCUT2D eigenvalue weighted by Gasteiger charge is -2.09. The standard InChI is InChI=1S/C26H23N5O3/c1-16-8-10-19(11-9-16)27-23(32)15-30-26(33)31-22-7-5-4-6-21(22)28-25(24(31)29-30)34-20-13-17(2)12-18(3)14-20/h4-14H,15H2,1-3H3,(H,27,32). The van der Waals surface area contributed by atoms with Crippen LogP contribution in [0.15, 0.2) is 71.5 Å². The average molecular weight is 454 g/mol. The molecule has 0 aliphatic heterocycles. The Hall–Kier alpha value is -4.46. The van der Waals surface area contributed by atoms with Gasteiger partial charge in [0.2, 0.25) is 11.6 Å². The number of ether oxygens (including phenoxy) is 1. The largest absolute Gasteiger partial charge is 0.436 e. The van der Waals surface area contributed by atoms with Gasteiger partial charge in [-0.15, -0.1) is 5.10 Å². The van der Waals surface area contributed by atoms with E-state index in [-0.39, 0.29) is 24.0 Å². The Kier molecular flexibility index (Phi) is 5.33. The molecule has 0 radical (unpaired) electrons. The third-order valence-corrected chi connectivity index (χ3v) is 5.41. The molecule has 0 saturated heterocycles. The molecule has 3 aromatic carbocycles. The number of aromatic nitrogens is 4. The van der Waals surface area contributed by atoms with E-state index in [0.29, 0.717) is 22.5 Å². The number of anilines is 1. The minimum absolute atomic E-state index is 0.193. The van der Waals surface area contributed by atoms with Gasteiger partial charge in [-0.3, -0.25) is 4.79 Å². The maximum Gasteiger partial charge on any atom is 0.351 e. The van der Waals surface area contributed by atoms with Gasteiger partial charge < -0.3 is 10.1 Å². The van der Waals surface area contributed by atoms with E-state index in [1.807, 2.05) is 75.4 Å². The number of carbonyl (C=O) groups is 1. The summed E-state index contributed by atoms with van der Waals surface area (Å²) in [5.41, 5.74) is 4.79. The van der Waals surface area contributed by atoms with Crippen molar-refractivity contribution in [2.75, 3.05) is 5.32 Å². The number of fused-ring (bicyclic) bond motifs is 3. The van der Waals surface area contributed by atoms with E-state index in [1.54, 1.807) is 12.1 Å². The van der Waals surface area contributed by atoms with Crippen LogP contribution in [-0.4, -0.2) is 25.1 Å². The van der Waals surface area contributed by atoms with Crippen molar-refractivity contribution in [2.45, 2.75) is 27.3 Å². The van der Waals surface area contributed by atoms with E-state index in [1.165, 1.54) is 4.40 Å². The molecule has 0 unspecified atom stereocenters. The van der Waals surface area contributed by atoms with Crippen molar-refractivity contribution < 1.29 is 9.53 Å². The van der Waals surface area contributed by atoms with E-state index in [0.717, 1.165) is 21.4 Å². The van der Waals surface area contributed by atoms with Crippen molar-refractivity contribution >= 4 is 28.3 Å². The predicted molar refractivity (Wildman–Crippen MR) is 131 cm³/mol. The monoisotopic (exact) mass is 453 g/mol. The Bertz CT molecular complexity index is 1580. The number of amides is 1. The maximum absolute atomic E-state index is 13.3. The summed E-state index contributed by atoms with van der Waals surface area (Å²) in [4.78, 5) is 30.5. The van der Waals surface area contributed by atoms with Gasteiger partial charge in [-0.25, -0.2) is 18.9 Å². The quantitative estimate of drug-likeness (QED) is 0.426. The molecule has 0 fully saturated rings.